The molecule has 0 aromatic carbocycles. The lowest BCUT2D eigenvalue weighted by molar-refractivity contribution is -0.117. The highest BCUT2D eigenvalue weighted by molar-refractivity contribution is 7.19. The van der Waals surface area contributed by atoms with Crippen LogP contribution in [-0.2, 0) is 11.8 Å². The number of nitrogens with one attached hydrogen (secondary N) is 1. The molecule has 0 spiro atoms. The zero-order valence-corrected chi connectivity index (χ0v) is 13.3. The molecule has 0 atom stereocenters. The number of carbonyl (C=O) groups excluding carboxylic acids is 1. The van der Waals surface area contributed by atoms with Crippen molar-refractivity contribution in [3.8, 4) is 10.7 Å². The lowest BCUT2D eigenvalue weighted by atomic mass is 9.92. The van der Waals surface area contributed by atoms with E-state index in [4.69, 9.17) is 0 Å². The van der Waals surface area contributed by atoms with Gasteiger partial charge in [-0.05, 0) is 12.3 Å². The summed E-state index contributed by atoms with van der Waals surface area (Å²) in [5.41, 5.74) is 0.856. The van der Waals surface area contributed by atoms with Crippen molar-refractivity contribution in [3.05, 3.63) is 18.1 Å². The Bertz CT molecular complexity index is 621. The number of imidazole rings is 1. The molecular formula is C14H20N4OS. The van der Waals surface area contributed by atoms with Crippen molar-refractivity contribution in [1.29, 1.82) is 0 Å². The molecule has 20 heavy (non-hydrogen) atoms. The monoisotopic (exact) mass is 292 g/mol. The minimum atomic E-state index is -0.0289. The molecule has 0 fully saturated rings. The average Bonchev–Trinajstić information content (AvgIpc) is 2.82. The number of hydrogen-bond donors (Lipinski definition) is 1. The van der Waals surface area contributed by atoms with E-state index >= 15 is 0 Å². The van der Waals surface area contributed by atoms with Crippen LogP contribution in [0.4, 0.5) is 5.13 Å². The highest BCUT2D eigenvalue weighted by atomic mass is 32.1. The summed E-state index contributed by atoms with van der Waals surface area (Å²) < 4.78 is 1.95. The van der Waals surface area contributed by atoms with Crippen LogP contribution in [0, 0.1) is 12.3 Å². The fraction of sp³-hybridized carbons (Fsp3) is 0.500. The third kappa shape index (κ3) is 3.45. The molecule has 2 heterocycles. The van der Waals surface area contributed by atoms with Crippen LogP contribution >= 0.6 is 11.3 Å². The van der Waals surface area contributed by atoms with Crippen molar-refractivity contribution in [2.75, 3.05) is 5.32 Å². The van der Waals surface area contributed by atoms with Gasteiger partial charge in [0.25, 0.3) is 0 Å². The van der Waals surface area contributed by atoms with Crippen LogP contribution in [-0.4, -0.2) is 20.4 Å². The van der Waals surface area contributed by atoms with Crippen LogP contribution in [0.5, 0.6) is 0 Å². The average molecular weight is 292 g/mol. The highest BCUT2D eigenvalue weighted by Gasteiger charge is 2.18. The van der Waals surface area contributed by atoms with E-state index in [0.717, 1.165) is 16.4 Å². The van der Waals surface area contributed by atoms with E-state index in [1.807, 2.05) is 45.5 Å². The zero-order chi connectivity index (χ0) is 14.9. The van der Waals surface area contributed by atoms with Gasteiger partial charge in [-0.1, -0.05) is 32.1 Å². The highest BCUT2D eigenvalue weighted by Crippen LogP contribution is 2.31. The molecule has 0 aliphatic heterocycles. The first kappa shape index (κ1) is 14.7. The Kier molecular flexibility index (Phi) is 3.94. The summed E-state index contributed by atoms with van der Waals surface area (Å²) in [4.78, 5) is 21.7. The Labute approximate surface area is 123 Å². The van der Waals surface area contributed by atoms with Gasteiger partial charge < -0.3 is 9.88 Å². The van der Waals surface area contributed by atoms with E-state index < -0.39 is 0 Å². The number of anilines is 1. The van der Waals surface area contributed by atoms with Crippen LogP contribution in [0.2, 0.25) is 0 Å². The molecule has 0 aliphatic carbocycles. The number of aryl methyl sites for hydroxylation is 2. The number of aromatic nitrogens is 3. The molecule has 6 heteroatoms. The number of nitrogens with zero attached hydrogens (tertiary/aromatic N) is 3. The van der Waals surface area contributed by atoms with Crippen LogP contribution in [0.1, 0.15) is 32.9 Å². The normalized spacial score (nSPS) is 11.7. The van der Waals surface area contributed by atoms with Gasteiger partial charge in [-0.25, -0.2) is 9.97 Å². The first-order valence-corrected chi connectivity index (χ1v) is 7.33. The van der Waals surface area contributed by atoms with Gasteiger partial charge in [-0.15, -0.1) is 0 Å². The molecule has 0 radical (unpaired) electrons. The van der Waals surface area contributed by atoms with Gasteiger partial charge in [0.15, 0.2) is 11.0 Å². The molecule has 1 N–H and O–H groups in total. The molecule has 2 rings (SSSR count). The molecule has 0 bridgehead atoms. The molecule has 108 valence electrons. The fourth-order valence-corrected chi connectivity index (χ4v) is 2.91. The molecule has 2 aromatic rings. The summed E-state index contributed by atoms with van der Waals surface area (Å²) in [5.74, 6) is 0.869. The second-order valence-electron chi connectivity index (χ2n) is 6.08. The number of hydrogen-bond acceptors (Lipinski definition) is 4. The van der Waals surface area contributed by atoms with Gasteiger partial charge in [-0.2, -0.15) is 0 Å². The number of carbonyl (C=O) groups is 1. The Morgan fingerprint density at radius 3 is 2.70 bits per heavy atom. The first-order valence-electron chi connectivity index (χ1n) is 6.51. The summed E-state index contributed by atoms with van der Waals surface area (Å²) in [6.07, 6.45) is 4.13. The van der Waals surface area contributed by atoms with E-state index in [1.54, 1.807) is 6.20 Å². The molecular weight excluding hydrogens is 272 g/mol. The van der Waals surface area contributed by atoms with E-state index in [0.29, 0.717) is 11.6 Å². The Hall–Kier alpha value is -1.69. The third-order valence-electron chi connectivity index (χ3n) is 2.76. The Balaban J connectivity index is 2.16. The lowest BCUT2D eigenvalue weighted by Crippen LogP contribution is -2.19. The van der Waals surface area contributed by atoms with Crippen LogP contribution in [0.25, 0.3) is 10.7 Å². The Morgan fingerprint density at radius 1 is 1.45 bits per heavy atom. The first-order chi connectivity index (χ1) is 9.26. The van der Waals surface area contributed by atoms with Gasteiger partial charge in [-0.3, -0.25) is 4.79 Å². The van der Waals surface area contributed by atoms with Crippen LogP contribution in [0.15, 0.2) is 12.4 Å². The van der Waals surface area contributed by atoms with Crippen molar-refractivity contribution >= 4 is 22.4 Å². The second-order valence-corrected chi connectivity index (χ2v) is 7.08. The summed E-state index contributed by atoms with van der Waals surface area (Å²) in [5, 5.41) is 3.51. The second kappa shape index (κ2) is 5.36. The van der Waals surface area contributed by atoms with Gasteiger partial charge >= 0.3 is 0 Å². The standard InChI is InChI=1S/C14H20N4OS/c1-9-11(12-15-6-7-18(12)5)20-13(16-9)17-10(19)8-14(2,3)4/h6-7H,8H2,1-5H3,(H,16,17,19). The maximum atomic E-state index is 11.9. The van der Waals surface area contributed by atoms with Gasteiger partial charge in [0.05, 0.1) is 10.6 Å². The zero-order valence-electron chi connectivity index (χ0n) is 12.5. The SMILES string of the molecule is Cc1nc(NC(=O)CC(C)(C)C)sc1-c1nccn1C. The maximum Gasteiger partial charge on any atom is 0.226 e. The molecule has 5 nitrogen and oxygen atoms in total. The number of thiazole rings is 1. The summed E-state index contributed by atoms with van der Waals surface area (Å²) >= 11 is 1.46. The molecule has 0 unspecified atom stereocenters. The minimum Gasteiger partial charge on any atom is -0.333 e. The third-order valence-corrected chi connectivity index (χ3v) is 3.83. The summed E-state index contributed by atoms with van der Waals surface area (Å²) in [6, 6.07) is 0. The van der Waals surface area contributed by atoms with Crippen molar-refractivity contribution < 1.29 is 4.79 Å². The van der Waals surface area contributed by atoms with E-state index in [1.165, 1.54) is 11.3 Å². The minimum absolute atomic E-state index is 0.00218. The predicted octanol–water partition coefficient (Wildman–Crippen LogP) is 3.23. The Morgan fingerprint density at radius 2 is 2.15 bits per heavy atom. The lowest BCUT2D eigenvalue weighted by Gasteiger charge is -2.16. The summed E-state index contributed by atoms with van der Waals surface area (Å²) in [6.45, 7) is 8.05. The predicted molar refractivity (Wildman–Crippen MR) is 81.8 cm³/mol. The van der Waals surface area contributed by atoms with Gasteiger partial charge in [0, 0.05) is 25.9 Å². The topological polar surface area (TPSA) is 59.8 Å². The maximum absolute atomic E-state index is 11.9. The van der Waals surface area contributed by atoms with Crippen LogP contribution < -0.4 is 5.32 Å². The fourth-order valence-electron chi connectivity index (χ4n) is 1.89. The smallest absolute Gasteiger partial charge is 0.226 e. The van der Waals surface area contributed by atoms with E-state index in [9.17, 15) is 4.79 Å². The van der Waals surface area contributed by atoms with Crippen molar-refractivity contribution in [1.82, 2.24) is 14.5 Å². The van der Waals surface area contributed by atoms with Gasteiger partial charge in [0.2, 0.25) is 5.91 Å². The van der Waals surface area contributed by atoms with Crippen molar-refractivity contribution in [3.63, 3.8) is 0 Å². The molecule has 0 saturated carbocycles. The number of rotatable bonds is 3. The van der Waals surface area contributed by atoms with E-state index in [2.05, 4.69) is 15.3 Å². The van der Waals surface area contributed by atoms with E-state index in [-0.39, 0.29) is 11.3 Å². The van der Waals surface area contributed by atoms with Crippen LogP contribution in [0.3, 0.4) is 0 Å². The molecule has 0 saturated heterocycles. The molecule has 1 amide bonds. The van der Waals surface area contributed by atoms with Crippen molar-refractivity contribution in [2.24, 2.45) is 12.5 Å². The largest absolute Gasteiger partial charge is 0.333 e. The molecule has 2 aromatic heterocycles. The van der Waals surface area contributed by atoms with Crippen molar-refractivity contribution in [2.45, 2.75) is 34.1 Å². The molecule has 0 aliphatic rings. The number of amides is 1. The summed E-state index contributed by atoms with van der Waals surface area (Å²) in [7, 11) is 1.94. The quantitative estimate of drug-likeness (QED) is 0.945. The van der Waals surface area contributed by atoms with Gasteiger partial charge in [0.1, 0.15) is 0 Å².